The molecule has 1 fully saturated rings. The number of carbonyl (C=O) groups excluding carboxylic acids is 1. The lowest BCUT2D eigenvalue weighted by atomic mass is 9.95. The van der Waals surface area contributed by atoms with Gasteiger partial charge in [-0.3, -0.25) is 4.79 Å². The van der Waals surface area contributed by atoms with Crippen molar-refractivity contribution in [1.82, 2.24) is 10.0 Å². The van der Waals surface area contributed by atoms with Crippen LogP contribution in [0.4, 0.5) is 0 Å². The number of benzene rings is 1. The zero-order valence-corrected chi connectivity index (χ0v) is 14.8. The number of sulfonamides is 1. The van der Waals surface area contributed by atoms with Crippen molar-refractivity contribution in [3.63, 3.8) is 0 Å². The molecule has 2 rings (SSSR count). The number of nitrogens with one attached hydrogen (secondary N) is 2. The molecule has 1 amide bonds. The summed E-state index contributed by atoms with van der Waals surface area (Å²) >= 11 is 0. The highest BCUT2D eigenvalue weighted by atomic mass is 32.2. The molecule has 5 nitrogen and oxygen atoms in total. The van der Waals surface area contributed by atoms with E-state index in [0.717, 1.165) is 25.5 Å². The molecule has 128 valence electrons. The molecule has 23 heavy (non-hydrogen) atoms. The molecule has 2 atom stereocenters. The fourth-order valence-electron chi connectivity index (χ4n) is 2.77. The summed E-state index contributed by atoms with van der Waals surface area (Å²) in [5, 5.41) is 2.96. The molecule has 0 spiro atoms. The van der Waals surface area contributed by atoms with Crippen LogP contribution in [-0.2, 0) is 20.2 Å². The van der Waals surface area contributed by atoms with Crippen LogP contribution in [0.3, 0.4) is 0 Å². The van der Waals surface area contributed by atoms with Crippen LogP contribution < -0.4 is 10.0 Å². The van der Waals surface area contributed by atoms with E-state index in [2.05, 4.69) is 22.2 Å². The Kier molecular flexibility index (Phi) is 5.47. The van der Waals surface area contributed by atoms with Gasteiger partial charge in [-0.05, 0) is 24.3 Å². The SMILES string of the molecule is CC[C@@H](C)[C@@H](NS(C)(=O)=O)C(=O)NCC1(c2ccccc2)CC1. The van der Waals surface area contributed by atoms with Crippen LogP contribution in [0.5, 0.6) is 0 Å². The third kappa shape index (κ3) is 4.78. The van der Waals surface area contributed by atoms with Crippen LogP contribution in [0.15, 0.2) is 30.3 Å². The van der Waals surface area contributed by atoms with Gasteiger partial charge < -0.3 is 5.32 Å². The first-order valence-electron chi connectivity index (χ1n) is 8.08. The first kappa shape index (κ1) is 17.9. The smallest absolute Gasteiger partial charge is 0.238 e. The summed E-state index contributed by atoms with van der Waals surface area (Å²) in [5.41, 5.74) is 1.25. The third-order valence-electron chi connectivity index (χ3n) is 4.68. The molecule has 0 aliphatic heterocycles. The van der Waals surface area contributed by atoms with Crippen molar-refractivity contribution in [3.05, 3.63) is 35.9 Å². The first-order chi connectivity index (χ1) is 10.8. The Morgan fingerprint density at radius 1 is 1.26 bits per heavy atom. The molecular weight excluding hydrogens is 312 g/mol. The van der Waals surface area contributed by atoms with Gasteiger partial charge in [0.25, 0.3) is 0 Å². The lowest BCUT2D eigenvalue weighted by molar-refractivity contribution is -0.123. The summed E-state index contributed by atoms with van der Waals surface area (Å²) in [6.45, 7) is 4.38. The average Bonchev–Trinajstić information content (AvgIpc) is 3.31. The Morgan fingerprint density at radius 2 is 1.87 bits per heavy atom. The van der Waals surface area contributed by atoms with E-state index in [-0.39, 0.29) is 17.2 Å². The maximum atomic E-state index is 12.5. The summed E-state index contributed by atoms with van der Waals surface area (Å²) in [7, 11) is -3.42. The topological polar surface area (TPSA) is 75.3 Å². The van der Waals surface area contributed by atoms with Gasteiger partial charge in [-0.15, -0.1) is 0 Å². The van der Waals surface area contributed by atoms with Crippen molar-refractivity contribution in [3.8, 4) is 0 Å². The molecule has 0 unspecified atom stereocenters. The van der Waals surface area contributed by atoms with Crippen LogP contribution in [-0.4, -0.2) is 33.2 Å². The van der Waals surface area contributed by atoms with Crippen molar-refractivity contribution >= 4 is 15.9 Å². The van der Waals surface area contributed by atoms with E-state index in [4.69, 9.17) is 0 Å². The fourth-order valence-corrected chi connectivity index (χ4v) is 3.57. The highest BCUT2D eigenvalue weighted by molar-refractivity contribution is 7.88. The molecule has 0 heterocycles. The summed E-state index contributed by atoms with van der Waals surface area (Å²) < 4.78 is 25.5. The van der Waals surface area contributed by atoms with Gasteiger partial charge in [-0.2, -0.15) is 0 Å². The zero-order valence-electron chi connectivity index (χ0n) is 14.0. The van der Waals surface area contributed by atoms with E-state index in [1.165, 1.54) is 5.56 Å². The molecule has 1 saturated carbocycles. The molecule has 2 N–H and O–H groups in total. The summed E-state index contributed by atoms with van der Waals surface area (Å²) in [5.74, 6) is -0.302. The standard InChI is InChI=1S/C17H26N2O3S/c1-4-13(2)15(19-23(3,21)22)16(20)18-12-17(10-11-17)14-8-6-5-7-9-14/h5-9,13,15,19H,4,10-12H2,1-3H3,(H,18,20)/t13-,15-/m1/s1. The second-order valence-corrected chi connectivity index (χ2v) is 8.40. The van der Waals surface area contributed by atoms with Crippen LogP contribution in [0.1, 0.15) is 38.7 Å². The Bertz CT molecular complexity index is 639. The highest BCUT2D eigenvalue weighted by Gasteiger charge is 2.44. The number of hydrogen-bond acceptors (Lipinski definition) is 3. The van der Waals surface area contributed by atoms with Crippen LogP contribution in [0, 0.1) is 5.92 Å². The molecular formula is C17H26N2O3S. The predicted molar refractivity (Wildman–Crippen MR) is 91.6 cm³/mol. The Balaban J connectivity index is 2.02. The van der Waals surface area contributed by atoms with Crippen molar-refractivity contribution in [1.29, 1.82) is 0 Å². The molecule has 1 aliphatic rings. The lowest BCUT2D eigenvalue weighted by Crippen LogP contribution is -2.51. The Labute approximate surface area is 138 Å². The minimum absolute atomic E-state index is 0.0159. The maximum absolute atomic E-state index is 12.5. The average molecular weight is 338 g/mol. The summed E-state index contributed by atoms with van der Waals surface area (Å²) in [6.07, 6.45) is 3.90. The van der Waals surface area contributed by atoms with E-state index in [0.29, 0.717) is 6.54 Å². The molecule has 1 aromatic rings. The molecule has 0 bridgehead atoms. The monoisotopic (exact) mass is 338 g/mol. The van der Waals surface area contributed by atoms with E-state index in [1.807, 2.05) is 32.0 Å². The van der Waals surface area contributed by atoms with E-state index < -0.39 is 16.1 Å². The second kappa shape index (κ2) is 7.01. The number of hydrogen-bond donors (Lipinski definition) is 2. The summed E-state index contributed by atoms with van der Waals surface area (Å²) in [6, 6.07) is 9.43. The van der Waals surface area contributed by atoms with Gasteiger partial charge in [0.15, 0.2) is 0 Å². The van der Waals surface area contributed by atoms with Gasteiger partial charge >= 0.3 is 0 Å². The van der Waals surface area contributed by atoms with Crippen molar-refractivity contribution in [2.45, 2.75) is 44.6 Å². The van der Waals surface area contributed by atoms with Gasteiger partial charge in [0.2, 0.25) is 15.9 Å². The first-order valence-corrected chi connectivity index (χ1v) is 9.97. The molecule has 1 aromatic carbocycles. The van der Waals surface area contributed by atoms with Gasteiger partial charge in [0.05, 0.1) is 6.26 Å². The quantitative estimate of drug-likeness (QED) is 0.759. The fraction of sp³-hybridized carbons (Fsp3) is 0.588. The summed E-state index contributed by atoms with van der Waals surface area (Å²) in [4.78, 5) is 12.5. The van der Waals surface area contributed by atoms with Gasteiger partial charge in [-0.25, -0.2) is 13.1 Å². The van der Waals surface area contributed by atoms with Gasteiger partial charge in [0, 0.05) is 12.0 Å². The van der Waals surface area contributed by atoms with E-state index in [1.54, 1.807) is 0 Å². The highest BCUT2D eigenvalue weighted by Crippen LogP contribution is 2.47. The van der Waals surface area contributed by atoms with Crippen molar-refractivity contribution in [2.24, 2.45) is 5.92 Å². The maximum Gasteiger partial charge on any atom is 0.238 e. The predicted octanol–water partition coefficient (Wildman–Crippen LogP) is 1.80. The molecule has 0 saturated heterocycles. The Hall–Kier alpha value is -1.40. The minimum atomic E-state index is -3.42. The number of amides is 1. The van der Waals surface area contributed by atoms with Gasteiger partial charge in [0.1, 0.15) is 6.04 Å². The van der Waals surface area contributed by atoms with Gasteiger partial charge in [-0.1, -0.05) is 50.6 Å². The Morgan fingerprint density at radius 3 is 2.35 bits per heavy atom. The normalized spacial score (nSPS) is 18.9. The molecule has 6 heteroatoms. The lowest BCUT2D eigenvalue weighted by Gasteiger charge is -2.24. The van der Waals surface area contributed by atoms with Crippen LogP contribution >= 0.6 is 0 Å². The molecule has 0 aromatic heterocycles. The third-order valence-corrected chi connectivity index (χ3v) is 5.36. The molecule has 1 aliphatic carbocycles. The van der Waals surface area contributed by atoms with E-state index in [9.17, 15) is 13.2 Å². The zero-order chi connectivity index (χ0) is 17.1. The van der Waals surface area contributed by atoms with Crippen molar-refractivity contribution < 1.29 is 13.2 Å². The van der Waals surface area contributed by atoms with E-state index >= 15 is 0 Å². The van der Waals surface area contributed by atoms with Crippen molar-refractivity contribution in [2.75, 3.05) is 12.8 Å². The number of rotatable bonds is 8. The van der Waals surface area contributed by atoms with Crippen LogP contribution in [0.2, 0.25) is 0 Å². The largest absolute Gasteiger partial charge is 0.354 e. The second-order valence-electron chi connectivity index (χ2n) is 6.62. The number of carbonyl (C=O) groups is 1. The molecule has 0 radical (unpaired) electrons. The van der Waals surface area contributed by atoms with Crippen LogP contribution in [0.25, 0.3) is 0 Å². The minimum Gasteiger partial charge on any atom is -0.354 e.